The molecule has 0 atom stereocenters. The van der Waals surface area contributed by atoms with Gasteiger partial charge in [-0.2, -0.15) is 0 Å². The molecule has 1 aliphatic heterocycles. The molecule has 0 unspecified atom stereocenters. The third-order valence-electron chi connectivity index (χ3n) is 5.55. The van der Waals surface area contributed by atoms with Gasteiger partial charge in [-0.05, 0) is 47.2 Å². The SMILES string of the molecule is Cc1cccc2c1CN(c1cccc(C(C)(C)Cc3nncn3C)c1)C2=O. The first-order valence-corrected chi connectivity index (χ1v) is 9.20. The lowest BCUT2D eigenvalue weighted by atomic mass is 9.81. The fourth-order valence-electron chi connectivity index (χ4n) is 3.76. The van der Waals surface area contributed by atoms with Gasteiger partial charge in [-0.15, -0.1) is 10.2 Å². The Morgan fingerprint density at radius 3 is 2.63 bits per heavy atom. The van der Waals surface area contributed by atoms with E-state index in [1.165, 1.54) is 11.1 Å². The molecule has 0 N–H and O–H groups in total. The van der Waals surface area contributed by atoms with Crippen molar-refractivity contribution in [2.24, 2.45) is 7.05 Å². The van der Waals surface area contributed by atoms with Gasteiger partial charge in [0.1, 0.15) is 12.2 Å². The quantitative estimate of drug-likeness (QED) is 0.711. The van der Waals surface area contributed by atoms with Gasteiger partial charge >= 0.3 is 0 Å². The fourth-order valence-corrected chi connectivity index (χ4v) is 3.76. The van der Waals surface area contributed by atoms with Gasteiger partial charge in [-0.3, -0.25) is 4.79 Å². The molecule has 1 amide bonds. The summed E-state index contributed by atoms with van der Waals surface area (Å²) in [4.78, 5) is 14.8. The highest BCUT2D eigenvalue weighted by Crippen LogP contribution is 2.34. The number of aromatic nitrogens is 3. The van der Waals surface area contributed by atoms with Crippen molar-refractivity contribution in [1.82, 2.24) is 14.8 Å². The van der Waals surface area contributed by atoms with Crippen LogP contribution in [0.4, 0.5) is 5.69 Å². The lowest BCUT2D eigenvalue weighted by molar-refractivity contribution is 0.0996. The molecular formula is C22H24N4O. The Labute approximate surface area is 159 Å². The maximum Gasteiger partial charge on any atom is 0.258 e. The van der Waals surface area contributed by atoms with Gasteiger partial charge in [-0.1, -0.05) is 38.1 Å². The molecule has 0 aliphatic carbocycles. The molecule has 1 aliphatic rings. The molecule has 0 radical (unpaired) electrons. The number of hydrogen-bond acceptors (Lipinski definition) is 3. The molecule has 5 heteroatoms. The van der Waals surface area contributed by atoms with Gasteiger partial charge in [0.15, 0.2) is 0 Å². The van der Waals surface area contributed by atoms with Gasteiger partial charge in [0.05, 0.1) is 6.54 Å². The largest absolute Gasteiger partial charge is 0.321 e. The molecule has 0 fully saturated rings. The first kappa shape index (κ1) is 17.5. The maximum absolute atomic E-state index is 12.9. The summed E-state index contributed by atoms with van der Waals surface area (Å²) in [6, 6.07) is 14.3. The lowest BCUT2D eigenvalue weighted by Gasteiger charge is -2.26. The zero-order valence-electron chi connectivity index (χ0n) is 16.2. The minimum absolute atomic E-state index is 0.0805. The molecule has 1 aromatic heterocycles. The Hall–Kier alpha value is -2.95. The zero-order chi connectivity index (χ0) is 19.2. The molecule has 0 saturated carbocycles. The van der Waals surface area contributed by atoms with E-state index in [2.05, 4.69) is 49.2 Å². The summed E-state index contributed by atoms with van der Waals surface area (Å²) >= 11 is 0. The van der Waals surface area contributed by atoms with Gasteiger partial charge in [0.2, 0.25) is 0 Å². The smallest absolute Gasteiger partial charge is 0.258 e. The third-order valence-corrected chi connectivity index (χ3v) is 5.55. The second kappa shape index (κ2) is 6.34. The van der Waals surface area contributed by atoms with E-state index < -0.39 is 0 Å². The lowest BCUT2D eigenvalue weighted by Crippen LogP contribution is -2.25. The van der Waals surface area contributed by atoms with Crippen LogP contribution in [-0.2, 0) is 25.4 Å². The summed E-state index contributed by atoms with van der Waals surface area (Å²) in [7, 11) is 1.96. The first-order chi connectivity index (χ1) is 12.9. The van der Waals surface area contributed by atoms with Crippen molar-refractivity contribution in [1.29, 1.82) is 0 Å². The van der Waals surface area contributed by atoms with Crippen molar-refractivity contribution in [3.05, 3.63) is 76.9 Å². The molecule has 0 bridgehead atoms. The minimum Gasteiger partial charge on any atom is -0.321 e. The number of aryl methyl sites for hydroxylation is 2. The topological polar surface area (TPSA) is 51.0 Å². The second-order valence-corrected chi connectivity index (χ2v) is 7.96. The van der Waals surface area contributed by atoms with Gasteiger partial charge in [0, 0.05) is 24.7 Å². The minimum atomic E-state index is -0.123. The molecule has 4 rings (SSSR count). The van der Waals surface area contributed by atoms with E-state index in [0.29, 0.717) is 6.54 Å². The Bertz CT molecular complexity index is 1020. The highest BCUT2D eigenvalue weighted by molar-refractivity contribution is 6.10. The monoisotopic (exact) mass is 360 g/mol. The fraction of sp³-hybridized carbons (Fsp3) is 0.318. The highest BCUT2D eigenvalue weighted by Gasteiger charge is 2.30. The standard InChI is InChI=1S/C22H24N4O/c1-15-7-5-10-18-19(15)13-26(21(18)27)17-9-6-8-16(11-17)22(2,3)12-20-24-23-14-25(20)4/h5-11,14H,12-13H2,1-4H3. The summed E-state index contributed by atoms with van der Waals surface area (Å²) in [5, 5.41) is 8.20. The number of anilines is 1. The van der Waals surface area contributed by atoms with E-state index in [-0.39, 0.29) is 11.3 Å². The summed E-state index contributed by atoms with van der Waals surface area (Å²) in [5.74, 6) is 1.03. The molecule has 5 nitrogen and oxygen atoms in total. The number of fused-ring (bicyclic) bond motifs is 1. The van der Waals surface area contributed by atoms with E-state index in [1.54, 1.807) is 6.33 Å². The van der Waals surface area contributed by atoms with E-state index in [9.17, 15) is 4.79 Å². The summed E-state index contributed by atoms with van der Waals surface area (Å²) in [6.07, 6.45) is 2.50. The number of nitrogens with zero attached hydrogens (tertiary/aromatic N) is 4. The van der Waals surface area contributed by atoms with Crippen LogP contribution >= 0.6 is 0 Å². The summed E-state index contributed by atoms with van der Waals surface area (Å²) in [5.41, 5.74) is 5.12. The number of benzene rings is 2. The predicted molar refractivity (Wildman–Crippen MR) is 106 cm³/mol. The first-order valence-electron chi connectivity index (χ1n) is 9.20. The van der Waals surface area contributed by atoms with Crippen LogP contribution in [0.15, 0.2) is 48.8 Å². The van der Waals surface area contributed by atoms with Crippen LogP contribution < -0.4 is 4.90 Å². The summed E-state index contributed by atoms with van der Waals surface area (Å²) in [6.45, 7) is 7.10. The van der Waals surface area contributed by atoms with Crippen molar-refractivity contribution in [3.63, 3.8) is 0 Å². The van der Waals surface area contributed by atoms with Crippen LogP contribution in [0.1, 0.15) is 46.7 Å². The maximum atomic E-state index is 12.9. The Morgan fingerprint density at radius 1 is 1.15 bits per heavy atom. The zero-order valence-corrected chi connectivity index (χ0v) is 16.2. The predicted octanol–water partition coefficient (Wildman–Crippen LogP) is 3.80. The van der Waals surface area contributed by atoms with Crippen molar-refractivity contribution in [2.75, 3.05) is 4.90 Å². The number of rotatable bonds is 4. The number of carbonyl (C=O) groups excluding carboxylic acids is 1. The Morgan fingerprint density at radius 2 is 1.93 bits per heavy atom. The van der Waals surface area contributed by atoms with Crippen molar-refractivity contribution < 1.29 is 4.79 Å². The second-order valence-electron chi connectivity index (χ2n) is 7.96. The van der Waals surface area contributed by atoms with Crippen molar-refractivity contribution in [3.8, 4) is 0 Å². The van der Waals surface area contributed by atoms with Crippen molar-refractivity contribution >= 4 is 11.6 Å². The average Bonchev–Trinajstić information content (AvgIpc) is 3.19. The van der Waals surface area contributed by atoms with Crippen LogP contribution in [0, 0.1) is 6.92 Å². The Balaban J connectivity index is 1.65. The molecule has 138 valence electrons. The molecule has 2 aromatic carbocycles. The van der Waals surface area contributed by atoms with Crippen LogP contribution in [0.25, 0.3) is 0 Å². The van der Waals surface area contributed by atoms with Crippen LogP contribution in [0.5, 0.6) is 0 Å². The van der Waals surface area contributed by atoms with Crippen molar-refractivity contribution in [2.45, 2.75) is 39.2 Å². The number of hydrogen-bond donors (Lipinski definition) is 0. The van der Waals surface area contributed by atoms with E-state index >= 15 is 0 Å². The van der Waals surface area contributed by atoms with Gasteiger partial charge < -0.3 is 9.47 Å². The number of amides is 1. The van der Waals surface area contributed by atoms with Crippen LogP contribution in [0.2, 0.25) is 0 Å². The highest BCUT2D eigenvalue weighted by atomic mass is 16.2. The molecule has 0 spiro atoms. The van der Waals surface area contributed by atoms with E-state index in [1.807, 2.05) is 40.8 Å². The summed E-state index contributed by atoms with van der Waals surface area (Å²) < 4.78 is 1.95. The molecule has 27 heavy (non-hydrogen) atoms. The van der Waals surface area contributed by atoms with E-state index in [0.717, 1.165) is 29.1 Å². The molecule has 3 aromatic rings. The van der Waals surface area contributed by atoms with Gasteiger partial charge in [-0.25, -0.2) is 0 Å². The molecule has 0 saturated heterocycles. The molecular weight excluding hydrogens is 336 g/mol. The molecule has 2 heterocycles. The Kier molecular flexibility index (Phi) is 4.10. The van der Waals surface area contributed by atoms with E-state index in [4.69, 9.17) is 0 Å². The number of carbonyl (C=O) groups is 1. The normalized spacial score (nSPS) is 13.9. The van der Waals surface area contributed by atoms with Crippen LogP contribution in [0.3, 0.4) is 0 Å². The van der Waals surface area contributed by atoms with Gasteiger partial charge in [0.25, 0.3) is 5.91 Å². The third kappa shape index (κ3) is 3.03. The van der Waals surface area contributed by atoms with Crippen LogP contribution in [-0.4, -0.2) is 20.7 Å². The average molecular weight is 360 g/mol.